The minimum Gasteiger partial charge on any atom is -0.508 e. The lowest BCUT2D eigenvalue weighted by Crippen LogP contribution is -2.40. The molecule has 2 aromatic carbocycles. The number of benzene rings is 2. The average molecular weight is 364 g/mol. The summed E-state index contributed by atoms with van der Waals surface area (Å²) in [7, 11) is 0. The summed E-state index contributed by atoms with van der Waals surface area (Å²) < 4.78 is 0. The molecule has 0 radical (unpaired) electrons. The van der Waals surface area contributed by atoms with E-state index in [0.29, 0.717) is 6.54 Å². The Labute approximate surface area is 161 Å². The zero-order chi connectivity index (χ0) is 19.4. The Kier molecular flexibility index (Phi) is 5.97. The zero-order valence-electron chi connectivity index (χ0n) is 16.3. The normalized spacial score (nSPS) is 15.9. The van der Waals surface area contributed by atoms with E-state index < -0.39 is 0 Å². The number of nitrogens with one attached hydrogen (secondary N) is 1. The van der Waals surface area contributed by atoms with E-state index in [1.54, 1.807) is 12.1 Å². The quantitative estimate of drug-likeness (QED) is 0.844. The highest BCUT2D eigenvalue weighted by Crippen LogP contribution is 2.24. The van der Waals surface area contributed by atoms with Crippen molar-refractivity contribution in [3.05, 3.63) is 70.8 Å². The first-order valence-electron chi connectivity index (χ1n) is 9.49. The van der Waals surface area contributed by atoms with E-state index in [1.165, 1.54) is 16.7 Å². The first kappa shape index (κ1) is 19.2. The van der Waals surface area contributed by atoms with Gasteiger partial charge in [0.05, 0.1) is 12.6 Å². The number of rotatable bonds is 5. The molecule has 1 aliphatic rings. The van der Waals surface area contributed by atoms with Gasteiger partial charge in [0.2, 0.25) is 5.91 Å². The maximum atomic E-state index is 12.4. The fourth-order valence-corrected chi connectivity index (χ4v) is 3.40. The van der Waals surface area contributed by atoms with Crippen molar-refractivity contribution in [1.29, 1.82) is 0 Å². The van der Waals surface area contributed by atoms with Crippen LogP contribution in [0.15, 0.2) is 48.5 Å². The standard InChI is InChI=1S/C23H28N2O2/c1-16-4-5-21(14-17(16)2)18(3)24-23(27)15-25-12-10-20(11-13-25)19-6-8-22(26)9-7-19/h4-10,14,18,26H,11-13,15H2,1-3H3,(H,24,27). The zero-order valence-corrected chi connectivity index (χ0v) is 16.3. The second-order valence-corrected chi connectivity index (χ2v) is 7.39. The molecule has 0 saturated heterocycles. The predicted molar refractivity (Wildman–Crippen MR) is 110 cm³/mol. The van der Waals surface area contributed by atoms with Gasteiger partial charge in [-0.2, -0.15) is 0 Å². The Hall–Kier alpha value is -2.59. The Balaban J connectivity index is 1.53. The molecule has 4 nitrogen and oxygen atoms in total. The molecule has 2 N–H and O–H groups in total. The smallest absolute Gasteiger partial charge is 0.234 e. The van der Waals surface area contributed by atoms with Gasteiger partial charge < -0.3 is 10.4 Å². The molecule has 1 unspecified atom stereocenters. The number of amides is 1. The summed E-state index contributed by atoms with van der Waals surface area (Å²) in [5.41, 5.74) is 6.06. The topological polar surface area (TPSA) is 52.6 Å². The van der Waals surface area contributed by atoms with E-state index in [0.717, 1.165) is 30.6 Å². The Bertz CT molecular complexity index is 840. The maximum Gasteiger partial charge on any atom is 0.234 e. The summed E-state index contributed by atoms with van der Waals surface area (Å²) in [6, 6.07) is 13.6. The van der Waals surface area contributed by atoms with Crippen molar-refractivity contribution < 1.29 is 9.90 Å². The predicted octanol–water partition coefficient (Wildman–Crippen LogP) is 3.98. The second kappa shape index (κ2) is 8.40. The first-order chi connectivity index (χ1) is 12.9. The highest BCUT2D eigenvalue weighted by Gasteiger charge is 2.17. The molecule has 1 atom stereocenters. The van der Waals surface area contributed by atoms with E-state index >= 15 is 0 Å². The number of carbonyl (C=O) groups is 1. The van der Waals surface area contributed by atoms with Crippen molar-refractivity contribution in [2.75, 3.05) is 19.6 Å². The van der Waals surface area contributed by atoms with Gasteiger partial charge in [0.15, 0.2) is 0 Å². The van der Waals surface area contributed by atoms with Crippen molar-refractivity contribution in [1.82, 2.24) is 10.2 Å². The number of aryl methyl sites for hydroxylation is 2. The van der Waals surface area contributed by atoms with E-state index in [4.69, 9.17) is 0 Å². The van der Waals surface area contributed by atoms with Crippen LogP contribution >= 0.6 is 0 Å². The third-order valence-electron chi connectivity index (χ3n) is 5.31. The summed E-state index contributed by atoms with van der Waals surface area (Å²) in [5.74, 6) is 0.341. The molecule has 4 heteroatoms. The Morgan fingerprint density at radius 2 is 1.89 bits per heavy atom. The summed E-state index contributed by atoms with van der Waals surface area (Å²) in [6.07, 6.45) is 3.08. The molecule has 0 aliphatic carbocycles. The number of phenols is 1. The van der Waals surface area contributed by atoms with Crippen LogP contribution in [0.4, 0.5) is 0 Å². The number of hydrogen-bond acceptors (Lipinski definition) is 3. The van der Waals surface area contributed by atoms with Crippen molar-refractivity contribution in [2.45, 2.75) is 33.2 Å². The van der Waals surface area contributed by atoms with Crippen molar-refractivity contribution in [3.8, 4) is 5.75 Å². The molecule has 0 spiro atoms. The van der Waals surface area contributed by atoms with Gasteiger partial charge in [-0.15, -0.1) is 0 Å². The molecule has 1 heterocycles. The Morgan fingerprint density at radius 1 is 1.15 bits per heavy atom. The molecule has 0 bridgehead atoms. The SMILES string of the molecule is Cc1ccc(C(C)NC(=O)CN2CC=C(c3ccc(O)cc3)CC2)cc1C. The number of hydrogen-bond donors (Lipinski definition) is 2. The van der Waals surface area contributed by atoms with Crippen LogP contribution in [0.25, 0.3) is 5.57 Å². The summed E-state index contributed by atoms with van der Waals surface area (Å²) >= 11 is 0. The van der Waals surface area contributed by atoms with Crippen molar-refractivity contribution >= 4 is 11.5 Å². The van der Waals surface area contributed by atoms with Crippen LogP contribution in [-0.2, 0) is 4.79 Å². The number of aromatic hydroxyl groups is 1. The lowest BCUT2D eigenvalue weighted by Gasteiger charge is -2.26. The Morgan fingerprint density at radius 3 is 2.52 bits per heavy atom. The molecule has 1 aliphatic heterocycles. The van der Waals surface area contributed by atoms with Gasteiger partial charge in [-0.25, -0.2) is 0 Å². The third kappa shape index (κ3) is 4.98. The molecule has 0 aromatic heterocycles. The van der Waals surface area contributed by atoms with E-state index in [-0.39, 0.29) is 17.7 Å². The van der Waals surface area contributed by atoms with Gasteiger partial charge in [-0.1, -0.05) is 36.4 Å². The highest BCUT2D eigenvalue weighted by atomic mass is 16.3. The summed E-state index contributed by atoms with van der Waals surface area (Å²) in [5, 5.41) is 12.5. The fourth-order valence-electron chi connectivity index (χ4n) is 3.40. The lowest BCUT2D eigenvalue weighted by atomic mass is 9.99. The van der Waals surface area contributed by atoms with Crippen LogP contribution in [0.1, 0.15) is 41.6 Å². The van der Waals surface area contributed by atoms with Gasteiger partial charge in [0.1, 0.15) is 5.75 Å². The van der Waals surface area contributed by atoms with Crippen LogP contribution in [0, 0.1) is 13.8 Å². The molecule has 0 saturated carbocycles. The van der Waals surface area contributed by atoms with Gasteiger partial charge in [-0.3, -0.25) is 9.69 Å². The van der Waals surface area contributed by atoms with Crippen LogP contribution in [0.5, 0.6) is 5.75 Å². The van der Waals surface area contributed by atoms with Crippen LogP contribution in [0.3, 0.4) is 0 Å². The van der Waals surface area contributed by atoms with Crippen LogP contribution in [-0.4, -0.2) is 35.5 Å². The summed E-state index contributed by atoms with van der Waals surface area (Å²) in [4.78, 5) is 14.6. The fraction of sp³-hybridized carbons (Fsp3) is 0.348. The molecule has 3 rings (SSSR count). The minimum absolute atomic E-state index is 0.00434. The van der Waals surface area contributed by atoms with Crippen LogP contribution in [0.2, 0.25) is 0 Å². The molecule has 0 fully saturated rings. The van der Waals surface area contributed by atoms with Gasteiger partial charge in [0.25, 0.3) is 0 Å². The van der Waals surface area contributed by atoms with Gasteiger partial charge in [-0.05, 0) is 67.2 Å². The van der Waals surface area contributed by atoms with Crippen LogP contribution < -0.4 is 5.32 Å². The van der Waals surface area contributed by atoms with Gasteiger partial charge >= 0.3 is 0 Å². The minimum atomic E-state index is 0.00434. The molecular weight excluding hydrogens is 336 g/mol. The number of carbonyl (C=O) groups excluding carboxylic acids is 1. The maximum absolute atomic E-state index is 12.4. The average Bonchev–Trinajstić information content (AvgIpc) is 2.65. The number of phenolic OH excluding ortho intramolecular Hbond substituents is 1. The highest BCUT2D eigenvalue weighted by molar-refractivity contribution is 5.78. The molecule has 2 aromatic rings. The second-order valence-electron chi connectivity index (χ2n) is 7.39. The lowest BCUT2D eigenvalue weighted by molar-refractivity contribution is -0.122. The first-order valence-corrected chi connectivity index (χ1v) is 9.49. The van der Waals surface area contributed by atoms with Gasteiger partial charge in [0, 0.05) is 13.1 Å². The monoisotopic (exact) mass is 364 g/mol. The molecular formula is C23H28N2O2. The van der Waals surface area contributed by atoms with E-state index in [2.05, 4.69) is 48.3 Å². The van der Waals surface area contributed by atoms with E-state index in [1.807, 2.05) is 19.1 Å². The van der Waals surface area contributed by atoms with E-state index in [9.17, 15) is 9.90 Å². The molecule has 142 valence electrons. The van der Waals surface area contributed by atoms with Crippen molar-refractivity contribution in [2.24, 2.45) is 0 Å². The molecule has 1 amide bonds. The third-order valence-corrected chi connectivity index (χ3v) is 5.31. The largest absolute Gasteiger partial charge is 0.508 e. The molecule has 27 heavy (non-hydrogen) atoms. The number of nitrogens with zero attached hydrogens (tertiary/aromatic N) is 1. The van der Waals surface area contributed by atoms with Crippen molar-refractivity contribution in [3.63, 3.8) is 0 Å². The summed E-state index contributed by atoms with van der Waals surface area (Å²) in [6.45, 7) is 8.26.